The van der Waals surface area contributed by atoms with E-state index in [1.807, 2.05) is 18.2 Å². The Morgan fingerprint density at radius 3 is 2.50 bits per heavy atom. The van der Waals surface area contributed by atoms with E-state index in [-0.39, 0.29) is 17.4 Å². The number of rotatable bonds is 5. The first kappa shape index (κ1) is 17.1. The van der Waals surface area contributed by atoms with E-state index < -0.39 is 5.97 Å². The summed E-state index contributed by atoms with van der Waals surface area (Å²) >= 11 is 15.1. The minimum atomic E-state index is -0.546. The van der Waals surface area contributed by atoms with E-state index in [1.54, 1.807) is 6.07 Å². The number of hydrogen-bond donors (Lipinski definition) is 0. The van der Waals surface area contributed by atoms with E-state index in [2.05, 4.69) is 22.9 Å². The molecule has 0 radical (unpaired) electrons. The summed E-state index contributed by atoms with van der Waals surface area (Å²) in [6.45, 7) is 1.85. The minimum absolute atomic E-state index is 0.219. The Bertz CT molecular complexity index is 689. The fraction of sp³-hybridized carbons (Fsp3) is 0.188. The molecule has 0 fully saturated rings. The van der Waals surface area contributed by atoms with Crippen LogP contribution in [0, 0.1) is 0 Å². The average Bonchev–Trinajstić information content (AvgIpc) is 2.48. The largest absolute Gasteiger partial charge is 0.481 e. The summed E-state index contributed by atoms with van der Waals surface area (Å²) in [4.78, 5) is 11.8. The number of benzene rings is 2. The predicted molar refractivity (Wildman–Crippen MR) is 91.1 cm³/mol. The van der Waals surface area contributed by atoms with Crippen LogP contribution in [0.5, 0.6) is 11.5 Å². The molecule has 0 aliphatic heterocycles. The van der Waals surface area contributed by atoms with Crippen LogP contribution in [0.4, 0.5) is 0 Å². The zero-order valence-corrected chi connectivity index (χ0v) is 14.8. The first-order valence-corrected chi connectivity index (χ1v) is 8.11. The van der Waals surface area contributed by atoms with Crippen molar-refractivity contribution in [2.75, 3.05) is 6.61 Å². The van der Waals surface area contributed by atoms with E-state index in [9.17, 15) is 4.79 Å². The number of halogens is 3. The lowest BCUT2D eigenvalue weighted by atomic mass is 10.2. The molecule has 6 heteroatoms. The SMILES string of the molecule is CCc1ccc(OCC(=O)Oc2ccc(Cl)cc2Cl)c(Br)c1. The number of esters is 1. The first-order chi connectivity index (χ1) is 10.5. The summed E-state index contributed by atoms with van der Waals surface area (Å²) < 4.78 is 11.4. The second-order valence-electron chi connectivity index (χ2n) is 4.46. The van der Waals surface area contributed by atoms with Crippen LogP contribution in [-0.2, 0) is 11.2 Å². The van der Waals surface area contributed by atoms with Gasteiger partial charge in [0, 0.05) is 5.02 Å². The van der Waals surface area contributed by atoms with Gasteiger partial charge in [0.05, 0.1) is 9.50 Å². The fourth-order valence-corrected chi connectivity index (χ4v) is 2.72. The van der Waals surface area contributed by atoms with Gasteiger partial charge in [-0.2, -0.15) is 0 Å². The molecule has 0 saturated heterocycles. The Labute approximate surface area is 147 Å². The summed E-state index contributed by atoms with van der Waals surface area (Å²) in [7, 11) is 0. The molecule has 22 heavy (non-hydrogen) atoms. The Morgan fingerprint density at radius 1 is 1.14 bits per heavy atom. The van der Waals surface area contributed by atoms with Crippen molar-refractivity contribution in [1.29, 1.82) is 0 Å². The maximum atomic E-state index is 11.8. The highest BCUT2D eigenvalue weighted by Crippen LogP contribution is 2.28. The molecule has 2 aromatic carbocycles. The van der Waals surface area contributed by atoms with Crippen molar-refractivity contribution in [3.8, 4) is 11.5 Å². The number of ether oxygens (including phenoxy) is 2. The molecule has 0 bridgehead atoms. The summed E-state index contributed by atoms with van der Waals surface area (Å²) in [5, 5.41) is 0.746. The second-order valence-corrected chi connectivity index (χ2v) is 6.15. The lowest BCUT2D eigenvalue weighted by Crippen LogP contribution is -2.18. The molecular weight excluding hydrogens is 391 g/mol. The van der Waals surface area contributed by atoms with E-state index in [0.29, 0.717) is 10.8 Å². The molecule has 0 spiro atoms. The van der Waals surface area contributed by atoms with E-state index >= 15 is 0 Å². The van der Waals surface area contributed by atoms with Crippen LogP contribution in [0.1, 0.15) is 12.5 Å². The van der Waals surface area contributed by atoms with Crippen molar-refractivity contribution in [3.05, 3.63) is 56.5 Å². The van der Waals surface area contributed by atoms with E-state index in [4.69, 9.17) is 32.7 Å². The Balaban J connectivity index is 1.95. The molecule has 3 nitrogen and oxygen atoms in total. The van der Waals surface area contributed by atoms with Crippen molar-refractivity contribution in [2.45, 2.75) is 13.3 Å². The van der Waals surface area contributed by atoms with Gasteiger partial charge in [-0.1, -0.05) is 36.2 Å². The Kier molecular flexibility index (Phi) is 6.12. The number of hydrogen-bond acceptors (Lipinski definition) is 3. The molecule has 0 atom stereocenters. The van der Waals surface area contributed by atoms with Crippen LogP contribution in [0.25, 0.3) is 0 Å². The van der Waals surface area contributed by atoms with Crippen LogP contribution in [0.3, 0.4) is 0 Å². The third kappa shape index (κ3) is 4.63. The van der Waals surface area contributed by atoms with Crippen molar-refractivity contribution in [3.63, 3.8) is 0 Å². The molecular formula is C16H13BrCl2O3. The van der Waals surface area contributed by atoms with Crippen LogP contribution < -0.4 is 9.47 Å². The Hall–Kier alpha value is -1.23. The minimum Gasteiger partial charge on any atom is -0.481 e. The standard InChI is InChI=1S/C16H13BrCl2O3/c1-2-10-3-5-14(12(17)7-10)21-9-16(20)22-15-6-4-11(18)8-13(15)19/h3-8H,2,9H2,1H3. The predicted octanol–water partition coefficient (Wildman–Crippen LogP) is 5.30. The van der Waals surface area contributed by atoms with Gasteiger partial charge in [0.2, 0.25) is 0 Å². The monoisotopic (exact) mass is 402 g/mol. The molecule has 2 rings (SSSR count). The molecule has 0 aromatic heterocycles. The molecule has 0 aliphatic carbocycles. The van der Waals surface area contributed by atoms with Crippen LogP contribution in [0.2, 0.25) is 10.0 Å². The average molecular weight is 404 g/mol. The van der Waals surface area contributed by atoms with Crippen LogP contribution in [-0.4, -0.2) is 12.6 Å². The van der Waals surface area contributed by atoms with Gasteiger partial charge < -0.3 is 9.47 Å². The molecule has 116 valence electrons. The van der Waals surface area contributed by atoms with Gasteiger partial charge in [0.25, 0.3) is 0 Å². The summed E-state index contributed by atoms with van der Waals surface area (Å²) in [5.74, 6) is 0.284. The highest BCUT2D eigenvalue weighted by molar-refractivity contribution is 9.10. The van der Waals surface area contributed by atoms with Gasteiger partial charge in [-0.25, -0.2) is 4.79 Å². The number of carbonyl (C=O) groups is 1. The Morgan fingerprint density at radius 2 is 1.86 bits per heavy atom. The summed E-state index contributed by atoms with van der Waals surface area (Å²) in [6.07, 6.45) is 0.927. The van der Waals surface area contributed by atoms with Gasteiger partial charge in [-0.05, 0) is 58.2 Å². The van der Waals surface area contributed by atoms with Crippen molar-refractivity contribution in [2.24, 2.45) is 0 Å². The van der Waals surface area contributed by atoms with Gasteiger partial charge in [0.15, 0.2) is 6.61 Å². The third-order valence-electron chi connectivity index (χ3n) is 2.87. The van der Waals surface area contributed by atoms with Gasteiger partial charge in [-0.3, -0.25) is 0 Å². The lowest BCUT2D eigenvalue weighted by Gasteiger charge is -2.10. The lowest BCUT2D eigenvalue weighted by molar-refractivity contribution is -0.136. The molecule has 0 amide bonds. The van der Waals surface area contributed by atoms with E-state index in [0.717, 1.165) is 10.9 Å². The summed E-state index contributed by atoms with van der Waals surface area (Å²) in [5.41, 5.74) is 1.18. The second kappa shape index (κ2) is 7.86. The fourth-order valence-electron chi connectivity index (χ4n) is 1.73. The molecule has 0 heterocycles. The molecule has 2 aromatic rings. The third-order valence-corrected chi connectivity index (χ3v) is 4.02. The van der Waals surface area contributed by atoms with Crippen molar-refractivity contribution in [1.82, 2.24) is 0 Å². The number of aryl methyl sites for hydroxylation is 1. The highest BCUT2D eigenvalue weighted by Gasteiger charge is 2.11. The van der Waals surface area contributed by atoms with Gasteiger partial charge in [-0.15, -0.1) is 0 Å². The normalized spacial score (nSPS) is 10.4. The molecule has 0 saturated carbocycles. The van der Waals surface area contributed by atoms with Gasteiger partial charge >= 0.3 is 5.97 Å². The summed E-state index contributed by atoms with van der Waals surface area (Å²) in [6, 6.07) is 10.3. The number of carbonyl (C=O) groups excluding carboxylic acids is 1. The van der Waals surface area contributed by atoms with Crippen molar-refractivity contribution >= 4 is 45.1 Å². The smallest absolute Gasteiger partial charge is 0.349 e. The van der Waals surface area contributed by atoms with Crippen LogP contribution >= 0.6 is 39.1 Å². The first-order valence-electron chi connectivity index (χ1n) is 6.56. The quantitative estimate of drug-likeness (QED) is 0.501. The zero-order chi connectivity index (χ0) is 16.1. The molecule has 0 aliphatic rings. The van der Waals surface area contributed by atoms with Crippen molar-refractivity contribution < 1.29 is 14.3 Å². The zero-order valence-electron chi connectivity index (χ0n) is 11.7. The van der Waals surface area contributed by atoms with Gasteiger partial charge in [0.1, 0.15) is 11.5 Å². The maximum absolute atomic E-state index is 11.8. The van der Waals surface area contributed by atoms with Crippen LogP contribution in [0.15, 0.2) is 40.9 Å². The maximum Gasteiger partial charge on any atom is 0.349 e. The molecule has 0 N–H and O–H groups in total. The van der Waals surface area contributed by atoms with E-state index in [1.165, 1.54) is 17.7 Å². The highest BCUT2D eigenvalue weighted by atomic mass is 79.9. The molecule has 0 unspecified atom stereocenters. The topological polar surface area (TPSA) is 35.5 Å².